The summed E-state index contributed by atoms with van der Waals surface area (Å²) in [6.07, 6.45) is 0. The Hall–Kier alpha value is -1.87. The summed E-state index contributed by atoms with van der Waals surface area (Å²) >= 11 is 0. The van der Waals surface area contributed by atoms with Crippen molar-refractivity contribution in [2.24, 2.45) is 0 Å². The number of nitrogens with one attached hydrogen (secondary N) is 1. The highest BCUT2D eigenvalue weighted by atomic mass is 16.5. The number of pyridine rings is 1. The summed E-state index contributed by atoms with van der Waals surface area (Å²) in [4.78, 5) is 4.55. The van der Waals surface area contributed by atoms with Gasteiger partial charge in [-0.3, -0.25) is 0 Å². The summed E-state index contributed by atoms with van der Waals surface area (Å²) in [6, 6.07) is 10.6. The van der Waals surface area contributed by atoms with Crippen LogP contribution in [0.1, 0.15) is 36.2 Å². The maximum absolute atomic E-state index is 5.92. The second-order valence-electron chi connectivity index (χ2n) is 5.73. The molecule has 0 aliphatic carbocycles. The first kappa shape index (κ1) is 15.5. The molecule has 0 saturated heterocycles. The zero-order valence-electron chi connectivity index (χ0n) is 13.5. The van der Waals surface area contributed by atoms with Crippen molar-refractivity contribution >= 4 is 0 Å². The topological polar surface area (TPSA) is 34.1 Å². The number of hydrogen-bond donors (Lipinski definition) is 1. The molecule has 1 aromatic heterocycles. The molecule has 0 amide bonds. The van der Waals surface area contributed by atoms with Gasteiger partial charge >= 0.3 is 0 Å². The fourth-order valence-electron chi connectivity index (χ4n) is 2.07. The van der Waals surface area contributed by atoms with Crippen molar-refractivity contribution in [1.82, 2.24) is 10.3 Å². The first-order valence-corrected chi connectivity index (χ1v) is 7.41. The summed E-state index contributed by atoms with van der Waals surface area (Å²) in [7, 11) is 0. The maximum Gasteiger partial charge on any atom is 0.219 e. The van der Waals surface area contributed by atoms with Crippen LogP contribution >= 0.6 is 0 Å². The van der Waals surface area contributed by atoms with Gasteiger partial charge in [0.05, 0.1) is 0 Å². The van der Waals surface area contributed by atoms with Gasteiger partial charge in [-0.15, -0.1) is 0 Å². The lowest BCUT2D eigenvalue weighted by Gasteiger charge is -2.13. The van der Waals surface area contributed by atoms with Crippen molar-refractivity contribution < 1.29 is 4.74 Å². The van der Waals surface area contributed by atoms with Crippen molar-refractivity contribution in [3.8, 4) is 11.6 Å². The molecule has 0 unspecified atom stereocenters. The number of benzene rings is 1. The Morgan fingerprint density at radius 3 is 2.52 bits per heavy atom. The summed E-state index contributed by atoms with van der Waals surface area (Å²) in [5.41, 5.74) is 4.59. The minimum absolute atomic E-state index is 0.468. The first-order chi connectivity index (χ1) is 9.97. The van der Waals surface area contributed by atoms with E-state index in [1.807, 2.05) is 25.1 Å². The Balaban J connectivity index is 2.15. The Morgan fingerprint density at radius 1 is 1.10 bits per heavy atom. The summed E-state index contributed by atoms with van der Waals surface area (Å²) in [5, 5.41) is 3.41. The average molecular weight is 284 g/mol. The molecule has 1 N–H and O–H groups in total. The number of hydrogen-bond acceptors (Lipinski definition) is 3. The monoisotopic (exact) mass is 284 g/mol. The lowest BCUT2D eigenvalue weighted by atomic mass is 10.1. The van der Waals surface area contributed by atoms with Crippen LogP contribution in [0.2, 0.25) is 0 Å². The highest BCUT2D eigenvalue weighted by molar-refractivity contribution is 5.40. The van der Waals surface area contributed by atoms with Crippen LogP contribution in [0.25, 0.3) is 0 Å². The van der Waals surface area contributed by atoms with Crippen LogP contribution in [0, 0.1) is 20.8 Å². The third-order valence-electron chi connectivity index (χ3n) is 3.64. The molecule has 2 aromatic rings. The second kappa shape index (κ2) is 6.72. The minimum Gasteiger partial charge on any atom is -0.439 e. The number of ether oxygens (including phenoxy) is 1. The van der Waals surface area contributed by atoms with Crippen molar-refractivity contribution in [2.75, 3.05) is 0 Å². The minimum atomic E-state index is 0.468. The van der Waals surface area contributed by atoms with Gasteiger partial charge in [-0.25, -0.2) is 4.98 Å². The summed E-state index contributed by atoms with van der Waals surface area (Å²) in [5.74, 6) is 1.52. The van der Waals surface area contributed by atoms with E-state index in [0.717, 1.165) is 23.6 Å². The molecule has 3 heteroatoms. The van der Waals surface area contributed by atoms with Crippen LogP contribution < -0.4 is 10.1 Å². The Morgan fingerprint density at radius 2 is 1.86 bits per heavy atom. The van der Waals surface area contributed by atoms with E-state index in [0.29, 0.717) is 11.9 Å². The van der Waals surface area contributed by atoms with Crippen LogP contribution in [0.5, 0.6) is 11.6 Å². The molecule has 0 radical (unpaired) electrons. The maximum atomic E-state index is 5.92. The molecule has 0 fully saturated rings. The number of aromatic nitrogens is 1. The fraction of sp³-hybridized carbons (Fsp3) is 0.389. The van der Waals surface area contributed by atoms with Crippen molar-refractivity contribution in [2.45, 2.75) is 47.2 Å². The molecule has 1 aromatic carbocycles. The molecule has 112 valence electrons. The molecule has 0 saturated carbocycles. The van der Waals surface area contributed by atoms with Gasteiger partial charge in [0, 0.05) is 24.3 Å². The van der Waals surface area contributed by atoms with Crippen LogP contribution in [0.4, 0.5) is 0 Å². The van der Waals surface area contributed by atoms with Crippen molar-refractivity contribution in [3.05, 3.63) is 52.7 Å². The number of nitrogens with zero attached hydrogens (tertiary/aromatic N) is 1. The molecular weight excluding hydrogens is 260 g/mol. The molecular formula is C18H24N2O. The van der Waals surface area contributed by atoms with E-state index in [1.165, 1.54) is 11.1 Å². The van der Waals surface area contributed by atoms with Gasteiger partial charge in [-0.05, 0) is 43.5 Å². The Labute approximate surface area is 127 Å². The second-order valence-corrected chi connectivity index (χ2v) is 5.73. The lowest BCUT2D eigenvalue weighted by Crippen LogP contribution is -2.22. The van der Waals surface area contributed by atoms with Gasteiger partial charge in [0.25, 0.3) is 0 Å². The van der Waals surface area contributed by atoms with Gasteiger partial charge < -0.3 is 10.1 Å². The molecule has 0 aliphatic rings. The smallest absolute Gasteiger partial charge is 0.219 e. The first-order valence-electron chi connectivity index (χ1n) is 7.41. The Kier molecular flexibility index (Phi) is 4.97. The van der Waals surface area contributed by atoms with E-state index >= 15 is 0 Å². The quantitative estimate of drug-likeness (QED) is 0.889. The zero-order chi connectivity index (χ0) is 15.4. The van der Waals surface area contributed by atoms with Crippen molar-refractivity contribution in [1.29, 1.82) is 0 Å². The largest absolute Gasteiger partial charge is 0.439 e. The summed E-state index contributed by atoms with van der Waals surface area (Å²) in [6.45, 7) is 11.3. The lowest BCUT2D eigenvalue weighted by molar-refractivity contribution is 0.456. The van der Waals surface area contributed by atoms with E-state index in [1.54, 1.807) is 0 Å². The SMILES string of the molecule is Cc1cccc(Oc2ccc(CNC(C)C)c(C)n2)c1C. The highest BCUT2D eigenvalue weighted by Gasteiger charge is 2.07. The van der Waals surface area contributed by atoms with E-state index in [9.17, 15) is 0 Å². The predicted octanol–water partition coefficient (Wildman–Crippen LogP) is 4.30. The van der Waals surface area contributed by atoms with Gasteiger partial charge in [0.2, 0.25) is 5.88 Å². The van der Waals surface area contributed by atoms with E-state index < -0.39 is 0 Å². The molecule has 21 heavy (non-hydrogen) atoms. The fourth-order valence-corrected chi connectivity index (χ4v) is 2.07. The summed E-state index contributed by atoms with van der Waals surface area (Å²) < 4.78 is 5.92. The van der Waals surface area contributed by atoms with E-state index in [-0.39, 0.29) is 0 Å². The van der Waals surface area contributed by atoms with Crippen LogP contribution in [-0.2, 0) is 6.54 Å². The zero-order valence-corrected chi connectivity index (χ0v) is 13.5. The van der Waals surface area contributed by atoms with Crippen LogP contribution in [-0.4, -0.2) is 11.0 Å². The number of aryl methyl sites for hydroxylation is 2. The van der Waals surface area contributed by atoms with E-state index in [4.69, 9.17) is 4.74 Å². The third-order valence-corrected chi connectivity index (χ3v) is 3.64. The predicted molar refractivity (Wildman–Crippen MR) is 86.9 cm³/mol. The van der Waals surface area contributed by atoms with Gasteiger partial charge in [-0.1, -0.05) is 32.0 Å². The van der Waals surface area contributed by atoms with Crippen LogP contribution in [0.3, 0.4) is 0 Å². The Bertz CT molecular complexity index is 621. The average Bonchev–Trinajstić information content (AvgIpc) is 2.43. The van der Waals surface area contributed by atoms with Crippen molar-refractivity contribution in [3.63, 3.8) is 0 Å². The normalized spacial score (nSPS) is 11.0. The van der Waals surface area contributed by atoms with Crippen LogP contribution in [0.15, 0.2) is 30.3 Å². The van der Waals surface area contributed by atoms with Gasteiger partial charge in [0.1, 0.15) is 5.75 Å². The molecule has 0 bridgehead atoms. The van der Waals surface area contributed by atoms with E-state index in [2.05, 4.69) is 50.1 Å². The molecule has 0 atom stereocenters. The third kappa shape index (κ3) is 4.05. The molecule has 1 heterocycles. The number of rotatable bonds is 5. The highest BCUT2D eigenvalue weighted by Crippen LogP contribution is 2.26. The molecule has 2 rings (SSSR count). The molecule has 0 aliphatic heterocycles. The van der Waals surface area contributed by atoms with Gasteiger partial charge in [-0.2, -0.15) is 0 Å². The molecule has 0 spiro atoms. The molecule has 3 nitrogen and oxygen atoms in total. The standard InChI is InChI=1S/C18H24N2O/c1-12(2)19-11-16-9-10-18(20-15(16)5)21-17-8-6-7-13(3)14(17)4/h6-10,12,19H,11H2,1-5H3. The van der Waals surface area contributed by atoms with Gasteiger partial charge in [0.15, 0.2) is 0 Å².